The van der Waals surface area contributed by atoms with E-state index in [0.717, 1.165) is 11.3 Å². The Kier molecular flexibility index (Phi) is 3.89. The zero-order valence-corrected chi connectivity index (χ0v) is 12.2. The summed E-state index contributed by atoms with van der Waals surface area (Å²) in [6, 6.07) is 1.60. The quantitative estimate of drug-likeness (QED) is 0.906. The third-order valence-electron chi connectivity index (χ3n) is 2.85. The first-order valence-electron chi connectivity index (χ1n) is 6.10. The van der Waals surface area contributed by atoms with Gasteiger partial charge < -0.3 is 10.4 Å². The van der Waals surface area contributed by atoms with Crippen LogP contribution in [0.5, 0.6) is 0 Å². The molecular weight excluding hydrogens is 278 g/mol. The van der Waals surface area contributed by atoms with Crippen LogP contribution in [0.25, 0.3) is 0 Å². The van der Waals surface area contributed by atoms with Crippen LogP contribution in [0.15, 0.2) is 12.3 Å². The summed E-state index contributed by atoms with van der Waals surface area (Å²) in [5.74, 6) is -1.39. The summed E-state index contributed by atoms with van der Waals surface area (Å²) < 4.78 is 1.55. The number of nitrogens with zero attached hydrogens (tertiary/aromatic N) is 2. The third-order valence-corrected chi connectivity index (χ3v) is 4.04. The fourth-order valence-electron chi connectivity index (χ4n) is 1.86. The van der Waals surface area contributed by atoms with Crippen LogP contribution < -0.4 is 5.32 Å². The second kappa shape index (κ2) is 5.46. The van der Waals surface area contributed by atoms with Crippen LogP contribution in [-0.4, -0.2) is 26.8 Å². The molecule has 0 aliphatic heterocycles. The molecule has 2 heterocycles. The molecule has 0 atom stereocenters. The highest BCUT2D eigenvalue weighted by Gasteiger charge is 2.19. The fourth-order valence-corrected chi connectivity index (χ4v) is 2.84. The number of amides is 1. The molecule has 7 heteroatoms. The lowest BCUT2D eigenvalue weighted by Gasteiger charge is -2.02. The predicted octanol–water partition coefficient (Wildman–Crippen LogP) is 2.30. The van der Waals surface area contributed by atoms with E-state index < -0.39 is 5.97 Å². The van der Waals surface area contributed by atoms with Gasteiger partial charge in [0.2, 0.25) is 0 Å². The number of rotatable bonds is 4. The van der Waals surface area contributed by atoms with Crippen LogP contribution in [0, 0.1) is 6.92 Å². The maximum Gasteiger partial charge on any atom is 0.338 e. The monoisotopic (exact) mass is 293 g/mol. The first kappa shape index (κ1) is 14.3. The van der Waals surface area contributed by atoms with E-state index in [9.17, 15) is 9.59 Å². The number of anilines is 1. The lowest BCUT2D eigenvalue weighted by atomic mass is 10.2. The second-order valence-electron chi connectivity index (χ2n) is 4.37. The van der Waals surface area contributed by atoms with Gasteiger partial charge in [-0.05, 0) is 19.4 Å². The number of aryl methyl sites for hydroxylation is 3. The molecule has 6 nitrogen and oxygen atoms in total. The van der Waals surface area contributed by atoms with Crippen molar-refractivity contribution in [1.82, 2.24) is 9.78 Å². The molecule has 20 heavy (non-hydrogen) atoms. The maximum atomic E-state index is 12.2. The molecule has 1 amide bonds. The Balaban J connectivity index is 2.30. The molecule has 106 valence electrons. The first-order chi connectivity index (χ1) is 9.42. The molecule has 0 unspecified atom stereocenters. The highest BCUT2D eigenvalue weighted by Crippen LogP contribution is 2.29. The average Bonchev–Trinajstić information content (AvgIpc) is 2.92. The summed E-state index contributed by atoms with van der Waals surface area (Å²) in [6.45, 7) is 3.67. The fraction of sp³-hybridized carbons (Fsp3) is 0.308. The van der Waals surface area contributed by atoms with Crippen molar-refractivity contribution in [3.63, 3.8) is 0 Å². The van der Waals surface area contributed by atoms with Crippen molar-refractivity contribution in [2.75, 3.05) is 5.32 Å². The van der Waals surface area contributed by atoms with Crippen LogP contribution >= 0.6 is 11.3 Å². The number of hydrogen-bond donors (Lipinski definition) is 2. The third kappa shape index (κ3) is 2.72. The second-order valence-corrected chi connectivity index (χ2v) is 5.51. The van der Waals surface area contributed by atoms with Gasteiger partial charge in [-0.1, -0.05) is 6.92 Å². The summed E-state index contributed by atoms with van der Waals surface area (Å²) in [4.78, 5) is 24.3. The molecule has 0 spiro atoms. The normalized spacial score (nSPS) is 10.6. The SMILES string of the molecule is CCc1cc(C(=O)O)c(NC(=O)c2cn(C)nc2C)s1. The average molecular weight is 293 g/mol. The minimum absolute atomic E-state index is 0.127. The number of carboxylic acid groups (broad SMARTS) is 1. The molecule has 0 saturated heterocycles. The standard InChI is InChI=1S/C13H15N3O3S/c1-4-8-5-9(13(18)19)12(20-8)14-11(17)10-6-16(3)15-7(10)2/h5-6H,4H2,1-3H3,(H,14,17)(H,18,19). The Bertz CT molecular complexity index is 672. The Hall–Kier alpha value is -2.15. The summed E-state index contributed by atoms with van der Waals surface area (Å²) in [7, 11) is 1.73. The number of nitrogens with one attached hydrogen (secondary N) is 1. The highest BCUT2D eigenvalue weighted by molar-refractivity contribution is 7.16. The van der Waals surface area contributed by atoms with E-state index in [1.165, 1.54) is 11.3 Å². The van der Waals surface area contributed by atoms with E-state index in [1.54, 1.807) is 30.9 Å². The van der Waals surface area contributed by atoms with E-state index in [2.05, 4.69) is 10.4 Å². The van der Waals surface area contributed by atoms with Gasteiger partial charge in [-0.2, -0.15) is 5.10 Å². The summed E-state index contributed by atoms with van der Waals surface area (Å²) in [5, 5.41) is 16.3. The van der Waals surface area contributed by atoms with Gasteiger partial charge in [-0.25, -0.2) is 4.79 Å². The van der Waals surface area contributed by atoms with Crippen molar-refractivity contribution in [2.45, 2.75) is 20.3 Å². The molecule has 2 aromatic rings. The van der Waals surface area contributed by atoms with Gasteiger partial charge in [0.05, 0.1) is 16.8 Å². The molecule has 2 N–H and O–H groups in total. The Labute approximate surface area is 120 Å². The summed E-state index contributed by atoms with van der Waals surface area (Å²) >= 11 is 1.28. The summed E-state index contributed by atoms with van der Waals surface area (Å²) in [6.07, 6.45) is 2.34. The maximum absolute atomic E-state index is 12.2. The summed E-state index contributed by atoms with van der Waals surface area (Å²) in [5.41, 5.74) is 1.17. The number of carbonyl (C=O) groups is 2. The van der Waals surface area contributed by atoms with Crippen molar-refractivity contribution in [2.24, 2.45) is 7.05 Å². The molecule has 0 saturated carbocycles. The molecule has 0 aliphatic carbocycles. The van der Waals surface area contributed by atoms with Crippen molar-refractivity contribution >= 4 is 28.2 Å². The van der Waals surface area contributed by atoms with Crippen LogP contribution in [0.2, 0.25) is 0 Å². The smallest absolute Gasteiger partial charge is 0.338 e. The van der Waals surface area contributed by atoms with Gasteiger partial charge in [0.25, 0.3) is 5.91 Å². The lowest BCUT2D eigenvalue weighted by Crippen LogP contribution is -2.13. The Morgan fingerprint density at radius 2 is 2.15 bits per heavy atom. The number of aromatic nitrogens is 2. The van der Waals surface area contributed by atoms with E-state index in [-0.39, 0.29) is 11.5 Å². The minimum Gasteiger partial charge on any atom is -0.478 e. The van der Waals surface area contributed by atoms with Crippen molar-refractivity contribution in [1.29, 1.82) is 0 Å². The van der Waals surface area contributed by atoms with Crippen molar-refractivity contribution < 1.29 is 14.7 Å². The lowest BCUT2D eigenvalue weighted by molar-refractivity contribution is 0.0698. The molecule has 2 aromatic heterocycles. The molecule has 0 radical (unpaired) electrons. The van der Waals surface area contributed by atoms with E-state index in [1.807, 2.05) is 6.92 Å². The van der Waals surface area contributed by atoms with Gasteiger partial charge in [0.1, 0.15) is 5.00 Å². The van der Waals surface area contributed by atoms with Gasteiger partial charge >= 0.3 is 5.97 Å². The van der Waals surface area contributed by atoms with Crippen LogP contribution in [0.4, 0.5) is 5.00 Å². The topological polar surface area (TPSA) is 84.2 Å². The van der Waals surface area contributed by atoms with Gasteiger partial charge in [0.15, 0.2) is 0 Å². The Morgan fingerprint density at radius 1 is 1.45 bits per heavy atom. The molecule has 0 bridgehead atoms. The minimum atomic E-state index is -1.04. The van der Waals surface area contributed by atoms with E-state index >= 15 is 0 Å². The zero-order valence-electron chi connectivity index (χ0n) is 11.4. The highest BCUT2D eigenvalue weighted by atomic mass is 32.1. The van der Waals surface area contributed by atoms with Crippen molar-refractivity contribution in [3.05, 3.63) is 34.0 Å². The number of carboxylic acids is 1. The van der Waals surface area contributed by atoms with E-state index in [0.29, 0.717) is 16.3 Å². The Morgan fingerprint density at radius 3 is 2.65 bits per heavy atom. The zero-order chi connectivity index (χ0) is 14.9. The van der Waals surface area contributed by atoms with Crippen LogP contribution in [0.3, 0.4) is 0 Å². The number of thiophene rings is 1. The van der Waals surface area contributed by atoms with Gasteiger partial charge in [-0.15, -0.1) is 11.3 Å². The molecule has 0 fully saturated rings. The number of carbonyl (C=O) groups excluding carboxylic acids is 1. The first-order valence-corrected chi connectivity index (χ1v) is 6.91. The van der Waals surface area contributed by atoms with Gasteiger partial charge in [-0.3, -0.25) is 9.48 Å². The largest absolute Gasteiger partial charge is 0.478 e. The molecular formula is C13H15N3O3S. The van der Waals surface area contributed by atoms with Gasteiger partial charge in [0, 0.05) is 18.1 Å². The van der Waals surface area contributed by atoms with Crippen LogP contribution in [0.1, 0.15) is 38.2 Å². The number of hydrogen-bond acceptors (Lipinski definition) is 4. The van der Waals surface area contributed by atoms with E-state index in [4.69, 9.17) is 5.11 Å². The molecule has 2 rings (SSSR count). The molecule has 0 aliphatic rings. The number of aromatic carboxylic acids is 1. The predicted molar refractivity (Wildman–Crippen MR) is 76.6 cm³/mol. The molecule has 0 aromatic carbocycles. The van der Waals surface area contributed by atoms with Crippen LogP contribution in [-0.2, 0) is 13.5 Å². The van der Waals surface area contributed by atoms with Crippen molar-refractivity contribution in [3.8, 4) is 0 Å².